The molecule has 1 aromatic rings. The Kier molecular flexibility index (Phi) is 4.06. The number of fused-ring (bicyclic) bond motifs is 3. The van der Waals surface area contributed by atoms with Gasteiger partial charge in [-0.05, 0) is 66.0 Å². The van der Waals surface area contributed by atoms with Crippen LogP contribution in [0.1, 0.15) is 43.7 Å². The highest BCUT2D eigenvalue weighted by Gasteiger charge is 2.26. The standard InChI is InChI=1S/C21H22/c1-3-5-12-19-17-13-9-10-14-18(17)20-15-8-6-7-11-16(4-2)21(19)20/h3-5,9-10,12-15H,1,6-8,11H2,2H3/b12-5-,16-4-,20-15-. The molecule has 106 valence electrons. The van der Waals surface area contributed by atoms with Crippen LogP contribution in [0.15, 0.2) is 72.4 Å². The topological polar surface area (TPSA) is 0 Å². The average Bonchev–Trinajstić information content (AvgIpc) is 2.79. The Hall–Kier alpha value is -2.08. The molecule has 1 aromatic carbocycles. The van der Waals surface area contributed by atoms with Crippen molar-refractivity contribution in [2.45, 2.75) is 32.6 Å². The van der Waals surface area contributed by atoms with Gasteiger partial charge in [0.1, 0.15) is 0 Å². The van der Waals surface area contributed by atoms with Gasteiger partial charge in [-0.25, -0.2) is 0 Å². The van der Waals surface area contributed by atoms with E-state index in [9.17, 15) is 0 Å². The lowest BCUT2D eigenvalue weighted by Crippen LogP contribution is -1.95. The maximum absolute atomic E-state index is 3.82. The van der Waals surface area contributed by atoms with Crippen molar-refractivity contribution < 1.29 is 0 Å². The van der Waals surface area contributed by atoms with Crippen molar-refractivity contribution in [3.63, 3.8) is 0 Å². The molecule has 0 aliphatic heterocycles. The van der Waals surface area contributed by atoms with E-state index in [0.29, 0.717) is 0 Å². The Morgan fingerprint density at radius 3 is 2.67 bits per heavy atom. The zero-order valence-corrected chi connectivity index (χ0v) is 12.7. The normalized spacial score (nSPS) is 22.5. The zero-order chi connectivity index (χ0) is 14.7. The largest absolute Gasteiger partial charge is 0.0991 e. The average molecular weight is 274 g/mol. The van der Waals surface area contributed by atoms with Crippen LogP contribution in [0, 0.1) is 0 Å². The molecule has 0 heterocycles. The number of allylic oxidation sites excluding steroid dienone is 9. The van der Waals surface area contributed by atoms with Crippen LogP contribution in [0.25, 0.3) is 11.1 Å². The summed E-state index contributed by atoms with van der Waals surface area (Å²) < 4.78 is 0. The first kappa shape index (κ1) is 13.9. The SMILES string of the molecule is C=C/C=C\C1=C2C(=C\C)/CCCC/C=C\2c2ccccc21. The van der Waals surface area contributed by atoms with Crippen LogP contribution in [0.3, 0.4) is 0 Å². The third kappa shape index (κ3) is 2.47. The van der Waals surface area contributed by atoms with Crippen LogP contribution in [0.2, 0.25) is 0 Å². The molecular weight excluding hydrogens is 252 g/mol. The minimum Gasteiger partial charge on any atom is -0.0991 e. The molecule has 0 unspecified atom stereocenters. The van der Waals surface area contributed by atoms with E-state index < -0.39 is 0 Å². The molecule has 0 atom stereocenters. The van der Waals surface area contributed by atoms with Gasteiger partial charge >= 0.3 is 0 Å². The lowest BCUT2D eigenvalue weighted by Gasteiger charge is -2.16. The maximum atomic E-state index is 3.82. The highest BCUT2D eigenvalue weighted by Crippen LogP contribution is 2.47. The fourth-order valence-corrected chi connectivity index (χ4v) is 3.38. The second kappa shape index (κ2) is 6.13. The van der Waals surface area contributed by atoms with Crippen molar-refractivity contribution >= 4 is 11.1 Å². The summed E-state index contributed by atoms with van der Waals surface area (Å²) in [6.07, 6.45) is 15.8. The summed E-state index contributed by atoms with van der Waals surface area (Å²) in [5.74, 6) is 0. The molecule has 2 aliphatic rings. The van der Waals surface area contributed by atoms with Gasteiger partial charge in [-0.3, -0.25) is 0 Å². The first-order valence-corrected chi connectivity index (χ1v) is 7.86. The Balaban J connectivity index is 2.28. The molecule has 2 aliphatic carbocycles. The Morgan fingerprint density at radius 2 is 1.90 bits per heavy atom. The minimum atomic E-state index is 1.18. The van der Waals surface area contributed by atoms with E-state index in [4.69, 9.17) is 0 Å². The molecule has 0 spiro atoms. The predicted octanol–water partition coefficient (Wildman–Crippen LogP) is 6.10. The Morgan fingerprint density at radius 1 is 1.10 bits per heavy atom. The highest BCUT2D eigenvalue weighted by molar-refractivity contribution is 6.06. The van der Waals surface area contributed by atoms with Crippen LogP contribution in [-0.4, -0.2) is 0 Å². The fraction of sp³-hybridized carbons (Fsp3) is 0.238. The van der Waals surface area contributed by atoms with E-state index in [-0.39, 0.29) is 0 Å². The van der Waals surface area contributed by atoms with Crippen LogP contribution in [-0.2, 0) is 0 Å². The highest BCUT2D eigenvalue weighted by atomic mass is 14.3. The summed E-state index contributed by atoms with van der Waals surface area (Å²) in [6.45, 7) is 5.98. The van der Waals surface area contributed by atoms with Crippen molar-refractivity contribution in [1.29, 1.82) is 0 Å². The lowest BCUT2D eigenvalue weighted by molar-refractivity contribution is 0.742. The number of benzene rings is 1. The fourth-order valence-electron chi connectivity index (χ4n) is 3.38. The van der Waals surface area contributed by atoms with Gasteiger partial charge in [0.25, 0.3) is 0 Å². The minimum absolute atomic E-state index is 1.18. The number of hydrogen-bond acceptors (Lipinski definition) is 0. The van der Waals surface area contributed by atoms with Crippen molar-refractivity contribution in [2.24, 2.45) is 0 Å². The first-order valence-electron chi connectivity index (χ1n) is 7.86. The molecule has 0 heteroatoms. The third-order valence-electron chi connectivity index (χ3n) is 4.36. The second-order valence-corrected chi connectivity index (χ2v) is 5.61. The van der Waals surface area contributed by atoms with Crippen molar-refractivity contribution in [3.05, 3.63) is 83.5 Å². The molecule has 0 fully saturated rings. The zero-order valence-electron chi connectivity index (χ0n) is 12.7. The Bertz CT molecular complexity index is 678. The van der Waals surface area contributed by atoms with Crippen LogP contribution >= 0.6 is 0 Å². The second-order valence-electron chi connectivity index (χ2n) is 5.61. The summed E-state index contributed by atoms with van der Waals surface area (Å²) >= 11 is 0. The molecule has 0 amide bonds. The monoisotopic (exact) mass is 274 g/mol. The molecule has 21 heavy (non-hydrogen) atoms. The molecule has 0 radical (unpaired) electrons. The molecule has 0 nitrogen and oxygen atoms in total. The van der Waals surface area contributed by atoms with Crippen LogP contribution < -0.4 is 0 Å². The lowest BCUT2D eigenvalue weighted by atomic mass is 9.89. The maximum Gasteiger partial charge on any atom is -0.00733 e. The van der Waals surface area contributed by atoms with E-state index >= 15 is 0 Å². The molecular formula is C21H22. The summed E-state index contributed by atoms with van der Waals surface area (Å²) in [5.41, 5.74) is 8.46. The quantitative estimate of drug-likeness (QED) is 0.572. The van der Waals surface area contributed by atoms with E-state index in [2.05, 4.69) is 56.0 Å². The summed E-state index contributed by atoms with van der Waals surface area (Å²) in [6, 6.07) is 8.77. The van der Waals surface area contributed by atoms with Crippen LogP contribution in [0.4, 0.5) is 0 Å². The smallest absolute Gasteiger partial charge is 0.00733 e. The van der Waals surface area contributed by atoms with Crippen LogP contribution in [0.5, 0.6) is 0 Å². The summed E-state index contributed by atoms with van der Waals surface area (Å²) in [7, 11) is 0. The van der Waals surface area contributed by atoms with E-state index in [1.54, 1.807) is 0 Å². The van der Waals surface area contributed by atoms with E-state index in [1.807, 2.05) is 12.2 Å². The molecule has 0 saturated heterocycles. The molecule has 0 saturated carbocycles. The van der Waals surface area contributed by atoms with Gasteiger partial charge in [0, 0.05) is 0 Å². The molecule has 0 aromatic heterocycles. The Labute approximate surface area is 127 Å². The molecule has 3 rings (SSSR count). The summed E-state index contributed by atoms with van der Waals surface area (Å²) in [5, 5.41) is 0. The van der Waals surface area contributed by atoms with Gasteiger partial charge in [-0.2, -0.15) is 0 Å². The number of rotatable bonds is 2. The van der Waals surface area contributed by atoms with E-state index in [1.165, 1.54) is 59.1 Å². The summed E-state index contributed by atoms with van der Waals surface area (Å²) in [4.78, 5) is 0. The molecule has 0 bridgehead atoms. The first-order chi connectivity index (χ1) is 10.4. The van der Waals surface area contributed by atoms with Gasteiger partial charge in [-0.1, -0.05) is 61.2 Å². The number of hydrogen-bond donors (Lipinski definition) is 0. The van der Waals surface area contributed by atoms with Gasteiger partial charge in [0.2, 0.25) is 0 Å². The van der Waals surface area contributed by atoms with Crippen molar-refractivity contribution in [2.75, 3.05) is 0 Å². The molecule has 0 N–H and O–H groups in total. The van der Waals surface area contributed by atoms with Gasteiger partial charge < -0.3 is 0 Å². The van der Waals surface area contributed by atoms with Gasteiger partial charge in [0.05, 0.1) is 0 Å². The van der Waals surface area contributed by atoms with Gasteiger partial charge in [-0.15, -0.1) is 0 Å². The predicted molar refractivity (Wildman–Crippen MR) is 92.9 cm³/mol. The van der Waals surface area contributed by atoms with Gasteiger partial charge in [0.15, 0.2) is 0 Å². The van der Waals surface area contributed by atoms with Crippen molar-refractivity contribution in [3.8, 4) is 0 Å². The van der Waals surface area contributed by atoms with E-state index in [0.717, 1.165) is 0 Å². The van der Waals surface area contributed by atoms with Crippen molar-refractivity contribution in [1.82, 2.24) is 0 Å². The third-order valence-corrected chi connectivity index (χ3v) is 4.36.